The first-order chi connectivity index (χ1) is 8.25. The van der Waals surface area contributed by atoms with Crippen LogP contribution in [-0.2, 0) is 6.42 Å². The summed E-state index contributed by atoms with van der Waals surface area (Å²) in [4.78, 5) is 2.67. The van der Waals surface area contributed by atoms with Crippen molar-refractivity contribution < 1.29 is 0 Å². The number of rotatable bonds is 1. The van der Waals surface area contributed by atoms with Crippen molar-refractivity contribution in [3.63, 3.8) is 0 Å². The molecule has 0 bridgehead atoms. The second kappa shape index (κ2) is 4.43. The lowest BCUT2D eigenvalue weighted by Gasteiger charge is -2.35. The summed E-state index contributed by atoms with van der Waals surface area (Å²) in [5.74, 6) is 0.768. The fourth-order valence-electron chi connectivity index (χ4n) is 3.46. The van der Waals surface area contributed by atoms with Crippen LogP contribution in [0.3, 0.4) is 0 Å². The van der Waals surface area contributed by atoms with Crippen molar-refractivity contribution in [3.8, 4) is 0 Å². The van der Waals surface area contributed by atoms with Crippen molar-refractivity contribution in [1.29, 1.82) is 0 Å². The molecular weight excluding hydrogens is 208 g/mol. The summed E-state index contributed by atoms with van der Waals surface area (Å²) in [7, 11) is 0. The Morgan fingerprint density at radius 1 is 1.24 bits per heavy atom. The third-order valence-electron chi connectivity index (χ3n) is 4.25. The van der Waals surface area contributed by atoms with Gasteiger partial charge < -0.3 is 5.32 Å². The molecule has 2 unspecified atom stereocenters. The maximum Gasteiger partial charge on any atom is 0.0380 e. The SMILES string of the molecule is Cc1ccc2c(c1)C(N1CCNCC1)C(C)C2. The maximum atomic E-state index is 3.45. The van der Waals surface area contributed by atoms with E-state index in [0.29, 0.717) is 6.04 Å². The molecule has 0 aromatic heterocycles. The molecule has 1 aliphatic heterocycles. The molecule has 17 heavy (non-hydrogen) atoms. The van der Waals surface area contributed by atoms with Crippen molar-refractivity contribution in [2.75, 3.05) is 26.2 Å². The number of nitrogens with one attached hydrogen (secondary N) is 1. The predicted molar refractivity (Wildman–Crippen MR) is 71.2 cm³/mol. The minimum Gasteiger partial charge on any atom is -0.314 e. The van der Waals surface area contributed by atoms with E-state index in [9.17, 15) is 0 Å². The fraction of sp³-hybridized carbons (Fsp3) is 0.600. The normalized spacial score (nSPS) is 29.3. The van der Waals surface area contributed by atoms with Gasteiger partial charge in [0.05, 0.1) is 0 Å². The molecule has 0 spiro atoms. The van der Waals surface area contributed by atoms with Crippen LogP contribution in [0.5, 0.6) is 0 Å². The molecule has 1 aromatic carbocycles. The van der Waals surface area contributed by atoms with Crippen molar-refractivity contribution in [1.82, 2.24) is 10.2 Å². The highest BCUT2D eigenvalue weighted by Gasteiger charge is 2.34. The Morgan fingerprint density at radius 2 is 2.00 bits per heavy atom. The molecular formula is C15H22N2. The third-order valence-corrected chi connectivity index (χ3v) is 4.25. The largest absolute Gasteiger partial charge is 0.314 e. The number of piperazine rings is 1. The van der Waals surface area contributed by atoms with Crippen LogP contribution in [0.15, 0.2) is 18.2 Å². The minimum absolute atomic E-state index is 0.659. The molecule has 0 radical (unpaired) electrons. The molecule has 2 aliphatic rings. The fourth-order valence-corrected chi connectivity index (χ4v) is 3.46. The highest BCUT2D eigenvalue weighted by Crippen LogP contribution is 2.40. The van der Waals surface area contributed by atoms with Gasteiger partial charge in [-0.25, -0.2) is 0 Å². The van der Waals surface area contributed by atoms with Crippen LogP contribution in [-0.4, -0.2) is 31.1 Å². The number of benzene rings is 1. The van der Waals surface area contributed by atoms with Gasteiger partial charge in [-0.2, -0.15) is 0 Å². The first kappa shape index (κ1) is 11.2. The zero-order valence-electron chi connectivity index (χ0n) is 10.9. The Kier molecular flexibility index (Phi) is 2.93. The van der Waals surface area contributed by atoms with E-state index in [1.807, 2.05) is 0 Å². The van der Waals surface area contributed by atoms with Gasteiger partial charge in [0.2, 0.25) is 0 Å². The zero-order chi connectivity index (χ0) is 11.8. The first-order valence-electron chi connectivity index (χ1n) is 6.80. The highest BCUT2D eigenvalue weighted by molar-refractivity contribution is 5.38. The first-order valence-corrected chi connectivity index (χ1v) is 6.80. The van der Waals surface area contributed by atoms with Gasteiger partial charge in [-0.1, -0.05) is 30.7 Å². The highest BCUT2D eigenvalue weighted by atomic mass is 15.2. The molecule has 3 rings (SSSR count). The summed E-state index contributed by atoms with van der Waals surface area (Å²) in [5.41, 5.74) is 4.57. The summed E-state index contributed by atoms with van der Waals surface area (Å²) in [6, 6.07) is 7.66. The molecule has 1 fully saturated rings. The third kappa shape index (κ3) is 2.00. The van der Waals surface area contributed by atoms with Crippen LogP contribution in [0.25, 0.3) is 0 Å². The minimum atomic E-state index is 0.659. The molecule has 1 saturated heterocycles. The average molecular weight is 230 g/mol. The van der Waals surface area contributed by atoms with Crippen LogP contribution < -0.4 is 5.32 Å². The number of nitrogens with zero attached hydrogens (tertiary/aromatic N) is 1. The Hall–Kier alpha value is -0.860. The van der Waals surface area contributed by atoms with Crippen molar-refractivity contribution in [2.24, 2.45) is 5.92 Å². The molecule has 1 aromatic rings. The summed E-state index contributed by atoms with van der Waals surface area (Å²) in [6.45, 7) is 9.29. The maximum absolute atomic E-state index is 3.45. The van der Waals surface area contributed by atoms with E-state index in [-0.39, 0.29) is 0 Å². The monoisotopic (exact) mass is 230 g/mol. The van der Waals surface area contributed by atoms with Crippen LogP contribution >= 0.6 is 0 Å². The Morgan fingerprint density at radius 3 is 2.76 bits per heavy atom. The smallest absolute Gasteiger partial charge is 0.0380 e. The van der Waals surface area contributed by atoms with Crippen LogP contribution in [0.1, 0.15) is 29.7 Å². The lowest BCUT2D eigenvalue weighted by atomic mass is 9.99. The van der Waals surface area contributed by atoms with E-state index in [2.05, 4.69) is 42.3 Å². The van der Waals surface area contributed by atoms with Gasteiger partial charge in [-0.3, -0.25) is 4.90 Å². The molecule has 1 aliphatic carbocycles. The Balaban J connectivity index is 1.92. The van der Waals surface area contributed by atoms with Crippen LogP contribution in [0, 0.1) is 12.8 Å². The molecule has 2 atom stereocenters. The quantitative estimate of drug-likeness (QED) is 0.795. The number of hydrogen-bond acceptors (Lipinski definition) is 2. The zero-order valence-corrected chi connectivity index (χ0v) is 10.9. The lowest BCUT2D eigenvalue weighted by molar-refractivity contribution is 0.141. The van der Waals surface area contributed by atoms with Gasteiger partial charge in [0.25, 0.3) is 0 Å². The Bertz CT molecular complexity index is 407. The van der Waals surface area contributed by atoms with E-state index >= 15 is 0 Å². The van der Waals surface area contributed by atoms with Gasteiger partial charge in [-0.05, 0) is 30.4 Å². The topological polar surface area (TPSA) is 15.3 Å². The standard InChI is InChI=1S/C15H22N2/c1-11-3-4-13-10-12(2)15(14(13)9-11)17-7-5-16-6-8-17/h3-4,9,12,15-16H,5-8,10H2,1-2H3. The summed E-state index contributed by atoms with van der Waals surface area (Å²) in [6.07, 6.45) is 1.25. The van der Waals surface area contributed by atoms with E-state index < -0.39 is 0 Å². The van der Waals surface area contributed by atoms with E-state index in [0.717, 1.165) is 19.0 Å². The summed E-state index contributed by atoms with van der Waals surface area (Å²) < 4.78 is 0. The van der Waals surface area contributed by atoms with Gasteiger partial charge in [0.15, 0.2) is 0 Å². The second-order valence-corrected chi connectivity index (χ2v) is 5.61. The number of fused-ring (bicyclic) bond motifs is 1. The van der Waals surface area contributed by atoms with Crippen molar-refractivity contribution in [3.05, 3.63) is 34.9 Å². The molecule has 0 saturated carbocycles. The van der Waals surface area contributed by atoms with Crippen LogP contribution in [0.4, 0.5) is 0 Å². The van der Waals surface area contributed by atoms with Gasteiger partial charge >= 0.3 is 0 Å². The summed E-state index contributed by atoms with van der Waals surface area (Å²) >= 11 is 0. The van der Waals surface area contributed by atoms with E-state index in [1.54, 1.807) is 11.1 Å². The van der Waals surface area contributed by atoms with Crippen LogP contribution in [0.2, 0.25) is 0 Å². The van der Waals surface area contributed by atoms with Crippen molar-refractivity contribution in [2.45, 2.75) is 26.3 Å². The predicted octanol–water partition coefficient (Wildman–Crippen LogP) is 2.13. The molecule has 2 heteroatoms. The number of aryl methyl sites for hydroxylation is 1. The molecule has 0 amide bonds. The van der Waals surface area contributed by atoms with Gasteiger partial charge in [-0.15, -0.1) is 0 Å². The average Bonchev–Trinajstić information content (AvgIpc) is 2.65. The van der Waals surface area contributed by atoms with E-state index in [4.69, 9.17) is 0 Å². The van der Waals surface area contributed by atoms with E-state index in [1.165, 1.54) is 25.1 Å². The Labute approximate surface area is 104 Å². The van der Waals surface area contributed by atoms with Gasteiger partial charge in [0, 0.05) is 32.2 Å². The summed E-state index contributed by atoms with van der Waals surface area (Å²) in [5, 5.41) is 3.45. The molecule has 1 N–H and O–H groups in total. The molecule has 2 nitrogen and oxygen atoms in total. The molecule has 92 valence electrons. The van der Waals surface area contributed by atoms with Crippen molar-refractivity contribution >= 4 is 0 Å². The molecule has 1 heterocycles. The van der Waals surface area contributed by atoms with Gasteiger partial charge in [0.1, 0.15) is 0 Å². The number of hydrogen-bond donors (Lipinski definition) is 1. The lowest BCUT2D eigenvalue weighted by Crippen LogP contribution is -2.45. The second-order valence-electron chi connectivity index (χ2n) is 5.61.